The van der Waals surface area contributed by atoms with E-state index in [1.54, 1.807) is 31.2 Å². The van der Waals surface area contributed by atoms with Gasteiger partial charge in [-0.3, -0.25) is 9.00 Å². The lowest BCUT2D eigenvalue weighted by molar-refractivity contribution is 0.101. The van der Waals surface area contributed by atoms with E-state index in [1.165, 1.54) is 0 Å². The Bertz CT molecular complexity index is 683. The number of aryl methyl sites for hydroxylation is 1. The Labute approximate surface area is 117 Å². The number of carbonyl (C=O) groups excluding carboxylic acids is 1. The third kappa shape index (κ3) is 3.17. The van der Waals surface area contributed by atoms with Crippen molar-refractivity contribution in [3.8, 4) is 0 Å². The molecule has 0 aliphatic rings. The molecule has 0 saturated heterocycles. The third-order valence-electron chi connectivity index (χ3n) is 2.83. The highest BCUT2D eigenvalue weighted by Gasteiger charge is 2.17. The van der Waals surface area contributed by atoms with E-state index in [0.29, 0.717) is 11.0 Å². The lowest BCUT2D eigenvalue weighted by Gasteiger charge is -2.06. The van der Waals surface area contributed by atoms with Gasteiger partial charge in [0.1, 0.15) is 11.6 Å². The largest absolute Gasteiger partial charge is 0.293 e. The Balaban J connectivity index is 2.20. The number of ketones is 1. The van der Waals surface area contributed by atoms with Crippen LogP contribution in [0.4, 0.5) is 8.78 Å². The first-order valence-corrected chi connectivity index (χ1v) is 7.23. The molecule has 2 nitrogen and oxygen atoms in total. The van der Waals surface area contributed by atoms with E-state index in [0.717, 1.165) is 17.7 Å². The molecule has 0 fully saturated rings. The third-order valence-corrected chi connectivity index (χ3v) is 4.31. The van der Waals surface area contributed by atoms with Gasteiger partial charge >= 0.3 is 0 Å². The zero-order valence-electron chi connectivity index (χ0n) is 10.7. The Kier molecular flexibility index (Phi) is 4.39. The fourth-order valence-electron chi connectivity index (χ4n) is 1.80. The van der Waals surface area contributed by atoms with Crippen molar-refractivity contribution in [3.05, 3.63) is 65.2 Å². The van der Waals surface area contributed by atoms with Gasteiger partial charge in [0, 0.05) is 11.0 Å². The Morgan fingerprint density at radius 2 is 1.85 bits per heavy atom. The number of carbonyl (C=O) groups is 1. The molecule has 20 heavy (non-hydrogen) atoms. The zero-order valence-corrected chi connectivity index (χ0v) is 11.5. The monoisotopic (exact) mass is 294 g/mol. The average molecular weight is 294 g/mol. The molecule has 0 radical (unpaired) electrons. The van der Waals surface area contributed by atoms with Crippen LogP contribution in [-0.4, -0.2) is 15.7 Å². The smallest absolute Gasteiger partial charge is 0.178 e. The van der Waals surface area contributed by atoms with Crippen LogP contribution >= 0.6 is 0 Å². The van der Waals surface area contributed by atoms with Gasteiger partial charge in [0.25, 0.3) is 0 Å². The molecule has 2 aromatic carbocycles. The summed E-state index contributed by atoms with van der Waals surface area (Å²) in [4.78, 5) is 12.5. The summed E-state index contributed by atoms with van der Waals surface area (Å²) in [7, 11) is -1.55. The van der Waals surface area contributed by atoms with Crippen LogP contribution in [0.25, 0.3) is 0 Å². The highest BCUT2D eigenvalue weighted by molar-refractivity contribution is 7.85. The minimum absolute atomic E-state index is 0.242. The van der Waals surface area contributed by atoms with E-state index in [9.17, 15) is 17.8 Å². The molecule has 104 valence electrons. The summed E-state index contributed by atoms with van der Waals surface area (Å²) in [6, 6.07) is 9.70. The fraction of sp³-hybridized carbons (Fsp3) is 0.133. The predicted octanol–water partition coefficient (Wildman–Crippen LogP) is 3.26. The number of rotatable bonds is 4. The van der Waals surface area contributed by atoms with Crippen LogP contribution in [0.1, 0.15) is 15.9 Å². The van der Waals surface area contributed by atoms with Crippen molar-refractivity contribution < 1.29 is 17.8 Å². The van der Waals surface area contributed by atoms with Crippen LogP contribution in [0.5, 0.6) is 0 Å². The van der Waals surface area contributed by atoms with E-state index in [4.69, 9.17) is 0 Å². The molecule has 2 aromatic rings. The Morgan fingerprint density at radius 1 is 1.15 bits per heavy atom. The van der Waals surface area contributed by atoms with Gasteiger partial charge in [0.05, 0.1) is 22.1 Å². The van der Waals surface area contributed by atoms with Gasteiger partial charge in [0.2, 0.25) is 0 Å². The highest BCUT2D eigenvalue weighted by atomic mass is 32.2. The summed E-state index contributed by atoms with van der Waals surface area (Å²) in [5.74, 6) is -2.62. The van der Waals surface area contributed by atoms with Crippen LogP contribution in [0.15, 0.2) is 47.4 Å². The molecular formula is C15H12F2O2S. The van der Waals surface area contributed by atoms with Crippen molar-refractivity contribution in [2.24, 2.45) is 0 Å². The van der Waals surface area contributed by atoms with Crippen LogP contribution < -0.4 is 0 Å². The molecule has 5 heteroatoms. The minimum atomic E-state index is -1.55. The van der Waals surface area contributed by atoms with Crippen molar-refractivity contribution in [1.29, 1.82) is 0 Å². The molecule has 0 aliphatic carbocycles. The van der Waals surface area contributed by atoms with Gasteiger partial charge in [-0.05, 0) is 30.7 Å². The van der Waals surface area contributed by atoms with Gasteiger partial charge in [-0.15, -0.1) is 0 Å². The first-order chi connectivity index (χ1) is 9.49. The maximum atomic E-state index is 13.5. The molecule has 0 heterocycles. The molecule has 1 atom stereocenters. The van der Waals surface area contributed by atoms with E-state index in [-0.39, 0.29) is 11.3 Å². The van der Waals surface area contributed by atoms with Crippen molar-refractivity contribution in [3.63, 3.8) is 0 Å². The lowest BCUT2D eigenvalue weighted by Crippen LogP contribution is -2.13. The number of halogens is 2. The average Bonchev–Trinajstić information content (AvgIpc) is 2.38. The maximum absolute atomic E-state index is 13.5. The topological polar surface area (TPSA) is 34.1 Å². The molecule has 0 aliphatic heterocycles. The molecule has 0 bridgehead atoms. The van der Waals surface area contributed by atoms with Crippen LogP contribution in [0, 0.1) is 18.6 Å². The van der Waals surface area contributed by atoms with E-state index in [1.807, 2.05) is 0 Å². The molecule has 0 saturated carbocycles. The van der Waals surface area contributed by atoms with Crippen LogP contribution in [0.2, 0.25) is 0 Å². The molecule has 0 spiro atoms. The van der Waals surface area contributed by atoms with Crippen molar-refractivity contribution in [2.45, 2.75) is 11.8 Å². The van der Waals surface area contributed by atoms with Gasteiger partial charge in [-0.2, -0.15) is 0 Å². The summed E-state index contributed by atoms with van der Waals surface area (Å²) in [5, 5.41) is 0. The van der Waals surface area contributed by atoms with Gasteiger partial charge < -0.3 is 0 Å². The first-order valence-electron chi connectivity index (χ1n) is 5.91. The van der Waals surface area contributed by atoms with Crippen molar-refractivity contribution in [1.82, 2.24) is 0 Å². The minimum Gasteiger partial charge on any atom is -0.293 e. The molecule has 1 unspecified atom stereocenters. The maximum Gasteiger partial charge on any atom is 0.178 e. The number of hydrogen-bond acceptors (Lipinski definition) is 2. The normalized spacial score (nSPS) is 12.2. The van der Waals surface area contributed by atoms with E-state index < -0.39 is 28.2 Å². The highest BCUT2D eigenvalue weighted by Crippen LogP contribution is 2.15. The Morgan fingerprint density at radius 3 is 2.50 bits per heavy atom. The predicted molar refractivity (Wildman–Crippen MR) is 73.1 cm³/mol. The van der Waals surface area contributed by atoms with Crippen molar-refractivity contribution in [2.75, 3.05) is 5.75 Å². The van der Waals surface area contributed by atoms with Gasteiger partial charge in [-0.1, -0.05) is 18.2 Å². The van der Waals surface area contributed by atoms with Gasteiger partial charge in [0.15, 0.2) is 5.78 Å². The summed E-state index contributed by atoms with van der Waals surface area (Å²) in [5.41, 5.74) is 0.562. The second kappa shape index (κ2) is 6.05. The second-order valence-corrected chi connectivity index (χ2v) is 5.72. The molecular weight excluding hydrogens is 282 g/mol. The lowest BCUT2D eigenvalue weighted by atomic mass is 10.1. The number of benzene rings is 2. The van der Waals surface area contributed by atoms with Crippen LogP contribution in [0.3, 0.4) is 0 Å². The Hall–Kier alpha value is -1.88. The molecule has 0 amide bonds. The van der Waals surface area contributed by atoms with Crippen LogP contribution in [-0.2, 0) is 10.8 Å². The fourth-order valence-corrected chi connectivity index (χ4v) is 3.01. The molecule has 2 rings (SSSR count). The first kappa shape index (κ1) is 14.5. The SMILES string of the molecule is Cc1ccccc1S(=O)CC(=O)c1ccc(F)cc1F. The summed E-state index contributed by atoms with van der Waals surface area (Å²) in [6.07, 6.45) is 0. The van der Waals surface area contributed by atoms with E-state index >= 15 is 0 Å². The summed E-state index contributed by atoms with van der Waals surface area (Å²) >= 11 is 0. The summed E-state index contributed by atoms with van der Waals surface area (Å²) < 4.78 is 38.4. The summed E-state index contributed by atoms with van der Waals surface area (Å²) in [6.45, 7) is 1.79. The molecule has 0 aromatic heterocycles. The van der Waals surface area contributed by atoms with Gasteiger partial charge in [-0.25, -0.2) is 8.78 Å². The van der Waals surface area contributed by atoms with Crippen molar-refractivity contribution >= 4 is 16.6 Å². The molecule has 0 N–H and O–H groups in total. The quantitative estimate of drug-likeness (QED) is 0.811. The van der Waals surface area contributed by atoms with E-state index in [2.05, 4.69) is 0 Å². The zero-order chi connectivity index (χ0) is 14.7. The number of hydrogen-bond donors (Lipinski definition) is 0. The number of Topliss-reactive ketones (excluding diaryl/α,β-unsaturated/α-hetero) is 1. The second-order valence-electron chi connectivity index (χ2n) is 4.30. The standard InChI is InChI=1S/C15H12F2O2S/c1-10-4-2-3-5-15(10)20(19)9-14(18)12-7-6-11(16)8-13(12)17/h2-8H,9H2,1H3.